The lowest BCUT2D eigenvalue weighted by molar-refractivity contribution is -0.605. The second kappa shape index (κ2) is 1.93. The Balaban J connectivity index is 3.17. The second-order valence-corrected chi connectivity index (χ2v) is 2.01. The number of hydrogen-bond acceptors (Lipinski definition) is 2. The van der Waals surface area contributed by atoms with Crippen molar-refractivity contribution < 1.29 is 4.73 Å². The molecule has 0 saturated carbocycles. The van der Waals surface area contributed by atoms with Crippen LogP contribution in [0.4, 0.5) is 5.69 Å². The van der Waals surface area contributed by atoms with Crippen LogP contribution in [0.1, 0.15) is 5.56 Å². The number of aryl methyl sites for hydroxylation is 1. The first kappa shape index (κ1) is 5.88. The molecule has 48 valence electrons. The molecular formula is C6H8N2O. The highest BCUT2D eigenvalue weighted by atomic mass is 16.5. The van der Waals surface area contributed by atoms with Crippen molar-refractivity contribution in [2.45, 2.75) is 6.92 Å². The molecule has 0 unspecified atom stereocenters. The molecule has 0 aliphatic heterocycles. The van der Waals surface area contributed by atoms with E-state index in [0.29, 0.717) is 10.4 Å². The van der Waals surface area contributed by atoms with Gasteiger partial charge in [-0.25, -0.2) is 0 Å². The summed E-state index contributed by atoms with van der Waals surface area (Å²) < 4.78 is 0.699. The Morgan fingerprint density at radius 3 is 2.67 bits per heavy atom. The molecule has 0 spiro atoms. The fourth-order valence-electron chi connectivity index (χ4n) is 0.722. The topological polar surface area (TPSA) is 53.0 Å². The molecule has 1 rings (SSSR count). The van der Waals surface area contributed by atoms with Crippen molar-refractivity contribution in [3.05, 3.63) is 29.2 Å². The Labute approximate surface area is 53.3 Å². The van der Waals surface area contributed by atoms with Gasteiger partial charge in [-0.05, 0) is 13.0 Å². The molecule has 0 atom stereocenters. The van der Waals surface area contributed by atoms with Crippen molar-refractivity contribution in [2.24, 2.45) is 0 Å². The number of hydrogen-bond donors (Lipinski definition) is 1. The zero-order chi connectivity index (χ0) is 6.85. The van der Waals surface area contributed by atoms with Crippen molar-refractivity contribution in [3.8, 4) is 0 Å². The van der Waals surface area contributed by atoms with E-state index in [2.05, 4.69) is 0 Å². The van der Waals surface area contributed by atoms with Crippen LogP contribution in [0, 0.1) is 12.1 Å². The summed E-state index contributed by atoms with van der Waals surface area (Å²) in [5.41, 5.74) is 6.72. The van der Waals surface area contributed by atoms with Crippen molar-refractivity contribution in [3.63, 3.8) is 0 Å². The van der Waals surface area contributed by atoms with Gasteiger partial charge in [0.2, 0.25) is 6.20 Å². The Bertz CT molecular complexity index is 172. The predicted octanol–water partition coefficient (Wildman–Crippen LogP) is 0.211. The van der Waals surface area contributed by atoms with E-state index in [4.69, 9.17) is 5.73 Å². The average Bonchev–Trinajstić information content (AvgIpc) is 1.59. The van der Waals surface area contributed by atoms with Crippen LogP contribution in [0.5, 0.6) is 0 Å². The molecule has 0 saturated heterocycles. The Morgan fingerprint density at radius 1 is 1.56 bits per heavy atom. The van der Waals surface area contributed by atoms with Gasteiger partial charge in [-0.1, -0.05) is 0 Å². The lowest BCUT2D eigenvalue weighted by Gasteiger charge is -1.96. The maximum absolute atomic E-state index is 10.5. The lowest BCUT2D eigenvalue weighted by atomic mass is 10.3. The van der Waals surface area contributed by atoms with Gasteiger partial charge in [0.05, 0.1) is 5.69 Å². The molecule has 0 fully saturated rings. The number of nitrogens with two attached hydrogens (primary N) is 1. The minimum Gasteiger partial charge on any atom is -0.619 e. The van der Waals surface area contributed by atoms with Crippen molar-refractivity contribution in [2.75, 3.05) is 5.73 Å². The summed E-state index contributed by atoms with van der Waals surface area (Å²) in [5.74, 6) is 0. The SMILES string of the molecule is Cc1cc(N)c[n+]([O-])c1. The highest BCUT2D eigenvalue weighted by molar-refractivity contribution is 5.34. The van der Waals surface area contributed by atoms with Gasteiger partial charge in [0, 0.05) is 5.56 Å². The fourth-order valence-corrected chi connectivity index (χ4v) is 0.722. The largest absolute Gasteiger partial charge is 0.619 e. The van der Waals surface area contributed by atoms with Crippen molar-refractivity contribution >= 4 is 5.69 Å². The third-order valence-corrected chi connectivity index (χ3v) is 1.00. The number of aromatic nitrogens is 1. The molecule has 9 heavy (non-hydrogen) atoms. The second-order valence-electron chi connectivity index (χ2n) is 2.01. The first-order chi connectivity index (χ1) is 4.18. The maximum Gasteiger partial charge on any atom is 0.203 e. The van der Waals surface area contributed by atoms with Gasteiger partial charge in [-0.3, -0.25) is 0 Å². The summed E-state index contributed by atoms with van der Waals surface area (Å²) >= 11 is 0. The van der Waals surface area contributed by atoms with E-state index in [1.807, 2.05) is 6.92 Å². The fraction of sp³-hybridized carbons (Fsp3) is 0.167. The summed E-state index contributed by atoms with van der Waals surface area (Å²) in [4.78, 5) is 0. The molecule has 0 amide bonds. The highest BCUT2D eigenvalue weighted by Gasteiger charge is 1.93. The number of anilines is 1. The monoisotopic (exact) mass is 124 g/mol. The van der Waals surface area contributed by atoms with Crippen molar-refractivity contribution in [1.29, 1.82) is 0 Å². The van der Waals surface area contributed by atoms with Gasteiger partial charge in [0.25, 0.3) is 0 Å². The molecule has 1 heterocycles. The van der Waals surface area contributed by atoms with E-state index in [-0.39, 0.29) is 0 Å². The van der Waals surface area contributed by atoms with Crippen molar-refractivity contribution in [1.82, 2.24) is 0 Å². The first-order valence-corrected chi connectivity index (χ1v) is 2.64. The molecule has 0 aliphatic rings. The van der Waals surface area contributed by atoms with E-state index < -0.39 is 0 Å². The summed E-state index contributed by atoms with van der Waals surface area (Å²) in [6.07, 6.45) is 2.80. The van der Waals surface area contributed by atoms with Crippen LogP contribution in [0.25, 0.3) is 0 Å². The lowest BCUT2D eigenvalue weighted by Crippen LogP contribution is -2.25. The van der Waals surface area contributed by atoms with Gasteiger partial charge in [0.15, 0.2) is 6.20 Å². The van der Waals surface area contributed by atoms with Crippen LogP contribution in [0.2, 0.25) is 0 Å². The minimum atomic E-state index is 0.505. The Kier molecular flexibility index (Phi) is 1.26. The molecule has 0 aromatic carbocycles. The van der Waals surface area contributed by atoms with Gasteiger partial charge >= 0.3 is 0 Å². The molecule has 0 radical (unpaired) electrons. The predicted molar refractivity (Wildman–Crippen MR) is 34.6 cm³/mol. The zero-order valence-corrected chi connectivity index (χ0v) is 5.16. The summed E-state index contributed by atoms with van der Waals surface area (Å²) in [7, 11) is 0. The van der Waals surface area contributed by atoms with Gasteiger partial charge in [-0.2, -0.15) is 4.73 Å². The van der Waals surface area contributed by atoms with Crippen LogP contribution >= 0.6 is 0 Å². The number of nitrogens with zero attached hydrogens (tertiary/aromatic N) is 1. The summed E-state index contributed by atoms with van der Waals surface area (Å²) in [6, 6.07) is 1.74. The summed E-state index contributed by atoms with van der Waals surface area (Å²) in [5, 5.41) is 10.5. The molecule has 1 aromatic heterocycles. The quantitative estimate of drug-likeness (QED) is 0.397. The Morgan fingerprint density at radius 2 is 2.22 bits per heavy atom. The number of pyridine rings is 1. The van der Waals surface area contributed by atoms with Crippen LogP contribution < -0.4 is 10.5 Å². The van der Waals surface area contributed by atoms with E-state index >= 15 is 0 Å². The molecule has 1 aromatic rings. The standard InChI is InChI=1S/C6H8N2O/c1-5-2-6(7)4-8(9)3-5/h2-4H,7H2,1H3. The van der Waals surface area contributed by atoms with Crippen LogP contribution in [-0.4, -0.2) is 0 Å². The number of rotatable bonds is 0. The maximum atomic E-state index is 10.5. The third kappa shape index (κ3) is 1.32. The minimum absolute atomic E-state index is 0.505. The molecule has 0 bridgehead atoms. The van der Waals surface area contributed by atoms with Gasteiger partial charge in [0.1, 0.15) is 0 Å². The van der Waals surface area contributed by atoms with Gasteiger partial charge < -0.3 is 10.9 Å². The Hall–Kier alpha value is -1.25. The van der Waals surface area contributed by atoms with E-state index in [1.54, 1.807) is 6.07 Å². The first-order valence-electron chi connectivity index (χ1n) is 2.64. The molecule has 3 heteroatoms. The highest BCUT2D eigenvalue weighted by Crippen LogP contribution is 1.98. The van der Waals surface area contributed by atoms with E-state index in [1.165, 1.54) is 12.4 Å². The van der Waals surface area contributed by atoms with E-state index in [0.717, 1.165) is 5.56 Å². The van der Waals surface area contributed by atoms with Crippen LogP contribution in [0.3, 0.4) is 0 Å². The third-order valence-electron chi connectivity index (χ3n) is 1.00. The molecular weight excluding hydrogens is 116 g/mol. The normalized spacial score (nSPS) is 9.44. The zero-order valence-electron chi connectivity index (χ0n) is 5.16. The molecule has 3 nitrogen and oxygen atoms in total. The smallest absolute Gasteiger partial charge is 0.203 e. The van der Waals surface area contributed by atoms with Gasteiger partial charge in [-0.15, -0.1) is 0 Å². The average molecular weight is 124 g/mol. The summed E-state index contributed by atoms with van der Waals surface area (Å²) in [6.45, 7) is 1.82. The van der Waals surface area contributed by atoms with Crippen LogP contribution in [0.15, 0.2) is 18.5 Å². The van der Waals surface area contributed by atoms with E-state index in [9.17, 15) is 5.21 Å². The molecule has 2 N–H and O–H groups in total. The number of nitrogen functional groups attached to an aromatic ring is 1. The molecule has 0 aliphatic carbocycles. The van der Waals surface area contributed by atoms with Crippen LogP contribution in [-0.2, 0) is 0 Å².